The van der Waals surface area contributed by atoms with E-state index >= 15 is 0 Å². The van der Waals surface area contributed by atoms with Gasteiger partial charge in [-0.3, -0.25) is 19.5 Å². The minimum Gasteiger partial charge on any atom is -0.375 e. The Morgan fingerprint density at radius 3 is 2.39 bits per heavy atom. The fourth-order valence-electron chi connectivity index (χ4n) is 3.59. The van der Waals surface area contributed by atoms with E-state index in [-0.39, 0.29) is 17.2 Å². The van der Waals surface area contributed by atoms with E-state index in [2.05, 4.69) is 5.32 Å². The Kier molecular flexibility index (Phi) is 4.38. The van der Waals surface area contributed by atoms with E-state index in [4.69, 9.17) is 0 Å². The number of anilines is 1. The van der Waals surface area contributed by atoms with Crippen LogP contribution in [0.25, 0.3) is 16.6 Å². The summed E-state index contributed by atoms with van der Waals surface area (Å²) in [5.41, 5.74) is -0.264. The van der Waals surface area contributed by atoms with Crippen molar-refractivity contribution in [1.29, 1.82) is 0 Å². The van der Waals surface area contributed by atoms with Crippen molar-refractivity contribution in [3.05, 3.63) is 75.1 Å². The van der Waals surface area contributed by atoms with Gasteiger partial charge in [-0.25, -0.2) is 8.42 Å². The number of hydrogen-bond donors (Lipinski definition) is 1. The third-order valence-electron chi connectivity index (χ3n) is 4.83. The lowest BCUT2D eigenvalue weighted by Gasteiger charge is -2.17. The van der Waals surface area contributed by atoms with Gasteiger partial charge in [0.2, 0.25) is 0 Å². The van der Waals surface area contributed by atoms with Crippen LogP contribution in [0.5, 0.6) is 0 Å². The van der Waals surface area contributed by atoms with Gasteiger partial charge in [0.1, 0.15) is 5.69 Å². The molecule has 1 aromatic heterocycles. The molecule has 144 valence electrons. The number of hydrogen-bond acceptors (Lipinski definition) is 6. The van der Waals surface area contributed by atoms with Crippen molar-refractivity contribution in [3.8, 4) is 5.69 Å². The van der Waals surface area contributed by atoms with Crippen LogP contribution < -0.4 is 10.9 Å². The van der Waals surface area contributed by atoms with Gasteiger partial charge in [-0.2, -0.15) is 0 Å². The second-order valence-electron chi connectivity index (χ2n) is 6.72. The first-order valence-corrected chi connectivity index (χ1v) is 10.5. The highest BCUT2D eigenvalue weighted by Gasteiger charge is 2.32. The van der Waals surface area contributed by atoms with Crippen LogP contribution in [0, 0.1) is 10.1 Å². The first-order valence-electron chi connectivity index (χ1n) is 8.72. The zero-order valence-electron chi connectivity index (χ0n) is 14.7. The largest absolute Gasteiger partial charge is 0.375 e. The highest BCUT2D eigenvalue weighted by Crippen LogP contribution is 2.33. The quantitative estimate of drug-likeness (QED) is 0.533. The third-order valence-corrected chi connectivity index (χ3v) is 6.60. The standard InChI is InChI=1S/C19H17N3O5S/c23-19-18(22(24)25)17(20-13-10-11-28(26,27)12-13)15-8-4-5-9-16(15)21(19)14-6-2-1-3-7-14/h1-9,13,20H,10-12H2/t13-/m0/s1. The van der Waals surface area contributed by atoms with Gasteiger partial charge < -0.3 is 5.32 Å². The summed E-state index contributed by atoms with van der Waals surface area (Å²) in [6.07, 6.45) is 0.343. The molecule has 0 spiro atoms. The van der Waals surface area contributed by atoms with E-state index in [1.807, 2.05) is 0 Å². The van der Waals surface area contributed by atoms with Gasteiger partial charge in [-0.05, 0) is 24.6 Å². The molecule has 0 amide bonds. The first kappa shape index (κ1) is 18.2. The molecule has 0 bridgehead atoms. The van der Waals surface area contributed by atoms with Gasteiger partial charge in [0.05, 0.1) is 21.9 Å². The lowest BCUT2D eigenvalue weighted by atomic mass is 10.1. The molecule has 1 saturated heterocycles. The van der Waals surface area contributed by atoms with Gasteiger partial charge >= 0.3 is 11.2 Å². The Morgan fingerprint density at radius 1 is 1.07 bits per heavy atom. The number of sulfone groups is 1. The highest BCUT2D eigenvalue weighted by atomic mass is 32.2. The Balaban J connectivity index is 1.99. The maximum absolute atomic E-state index is 13.1. The number of benzene rings is 2. The molecule has 1 fully saturated rings. The van der Waals surface area contributed by atoms with Crippen molar-refractivity contribution in [2.45, 2.75) is 12.5 Å². The number of pyridine rings is 1. The monoisotopic (exact) mass is 399 g/mol. The maximum atomic E-state index is 13.1. The van der Waals surface area contributed by atoms with Gasteiger partial charge in [0.25, 0.3) is 0 Å². The minimum absolute atomic E-state index is 0.0253. The van der Waals surface area contributed by atoms with Crippen LogP contribution in [0.1, 0.15) is 6.42 Å². The van der Waals surface area contributed by atoms with Crippen molar-refractivity contribution < 1.29 is 13.3 Å². The molecule has 1 aliphatic heterocycles. The number of rotatable bonds is 4. The van der Waals surface area contributed by atoms with Crippen LogP contribution in [-0.2, 0) is 9.84 Å². The van der Waals surface area contributed by atoms with Gasteiger partial charge in [0.15, 0.2) is 9.84 Å². The third kappa shape index (κ3) is 3.13. The smallest absolute Gasteiger partial charge is 0.357 e. The average molecular weight is 399 g/mol. The van der Waals surface area contributed by atoms with Gasteiger partial charge in [0, 0.05) is 17.1 Å². The maximum Gasteiger partial charge on any atom is 0.357 e. The molecule has 8 nitrogen and oxygen atoms in total. The molecule has 1 N–H and O–H groups in total. The van der Waals surface area contributed by atoms with E-state index < -0.39 is 32.0 Å². The molecule has 2 heterocycles. The number of nitro groups is 1. The molecule has 0 aliphatic carbocycles. The molecule has 4 rings (SSSR count). The van der Waals surface area contributed by atoms with E-state index in [1.54, 1.807) is 54.6 Å². The summed E-state index contributed by atoms with van der Waals surface area (Å²) in [6, 6.07) is 15.1. The van der Waals surface area contributed by atoms with Crippen molar-refractivity contribution in [2.24, 2.45) is 0 Å². The first-order chi connectivity index (χ1) is 13.4. The van der Waals surface area contributed by atoms with E-state index in [0.29, 0.717) is 23.0 Å². The Bertz CT molecular complexity index is 1240. The molecule has 28 heavy (non-hydrogen) atoms. The van der Waals surface area contributed by atoms with Crippen molar-refractivity contribution >= 4 is 32.1 Å². The van der Waals surface area contributed by atoms with E-state index in [0.717, 1.165) is 0 Å². The highest BCUT2D eigenvalue weighted by molar-refractivity contribution is 7.91. The average Bonchev–Trinajstić information content (AvgIpc) is 3.01. The molecule has 1 aliphatic rings. The molecular weight excluding hydrogens is 382 g/mol. The molecule has 0 saturated carbocycles. The van der Waals surface area contributed by atoms with Crippen LogP contribution in [0.2, 0.25) is 0 Å². The summed E-state index contributed by atoms with van der Waals surface area (Å²) in [5.74, 6) is -0.0856. The molecule has 1 atom stereocenters. The van der Waals surface area contributed by atoms with Crippen molar-refractivity contribution in [1.82, 2.24) is 4.57 Å². The van der Waals surface area contributed by atoms with Crippen molar-refractivity contribution in [2.75, 3.05) is 16.8 Å². The lowest BCUT2D eigenvalue weighted by Crippen LogP contribution is -2.27. The van der Waals surface area contributed by atoms with E-state index in [9.17, 15) is 23.3 Å². The summed E-state index contributed by atoms with van der Waals surface area (Å²) in [4.78, 5) is 24.2. The lowest BCUT2D eigenvalue weighted by molar-refractivity contribution is -0.385. The summed E-state index contributed by atoms with van der Waals surface area (Å²) < 4.78 is 24.9. The minimum atomic E-state index is -3.18. The predicted octanol–water partition coefficient (Wildman–Crippen LogP) is 2.50. The normalized spacial score (nSPS) is 18.2. The number of nitrogens with one attached hydrogen (secondary N) is 1. The Hall–Kier alpha value is -3.20. The van der Waals surface area contributed by atoms with Crippen LogP contribution in [-0.4, -0.2) is 35.5 Å². The zero-order chi connectivity index (χ0) is 19.9. The fourth-order valence-corrected chi connectivity index (χ4v) is 5.27. The second-order valence-corrected chi connectivity index (χ2v) is 8.95. The van der Waals surface area contributed by atoms with Gasteiger partial charge in [-0.15, -0.1) is 0 Å². The fraction of sp³-hybridized carbons (Fsp3) is 0.211. The van der Waals surface area contributed by atoms with Gasteiger partial charge in [-0.1, -0.05) is 36.4 Å². The van der Waals surface area contributed by atoms with Crippen molar-refractivity contribution in [3.63, 3.8) is 0 Å². The number of nitrogens with zero attached hydrogens (tertiary/aromatic N) is 2. The van der Waals surface area contributed by atoms with Crippen LogP contribution in [0.15, 0.2) is 59.4 Å². The molecule has 0 radical (unpaired) electrons. The van der Waals surface area contributed by atoms with Crippen LogP contribution >= 0.6 is 0 Å². The number of para-hydroxylation sites is 2. The molecule has 2 aromatic carbocycles. The summed E-state index contributed by atoms with van der Waals surface area (Å²) >= 11 is 0. The molecule has 0 unspecified atom stereocenters. The summed E-state index contributed by atoms with van der Waals surface area (Å²) in [7, 11) is -3.18. The molecule has 3 aromatic rings. The summed E-state index contributed by atoms with van der Waals surface area (Å²) in [5, 5.41) is 15.3. The second kappa shape index (κ2) is 6.75. The predicted molar refractivity (Wildman–Crippen MR) is 107 cm³/mol. The Morgan fingerprint density at radius 2 is 1.75 bits per heavy atom. The summed E-state index contributed by atoms with van der Waals surface area (Å²) in [6.45, 7) is 0. The van der Waals surface area contributed by atoms with E-state index in [1.165, 1.54) is 4.57 Å². The molecular formula is C19H17N3O5S. The number of fused-ring (bicyclic) bond motifs is 1. The van der Waals surface area contributed by atoms with Crippen LogP contribution in [0.4, 0.5) is 11.4 Å². The Labute approximate surface area is 160 Å². The van der Waals surface area contributed by atoms with Crippen LogP contribution in [0.3, 0.4) is 0 Å². The number of aromatic nitrogens is 1. The topological polar surface area (TPSA) is 111 Å². The molecule has 9 heteroatoms. The zero-order valence-corrected chi connectivity index (χ0v) is 15.6. The SMILES string of the molecule is O=c1c([N+](=O)[O-])c(N[C@H]2CCS(=O)(=O)C2)c2ccccc2n1-c1ccccc1.